The van der Waals surface area contributed by atoms with Gasteiger partial charge in [0.2, 0.25) is 0 Å². The number of phenols is 1. The summed E-state index contributed by atoms with van der Waals surface area (Å²) in [6.07, 6.45) is 1.55. The Morgan fingerprint density at radius 2 is 2.18 bits per heavy atom. The molecular formula is C12H8N2O2S. The predicted octanol–water partition coefficient (Wildman–Crippen LogP) is 3.17. The molecule has 1 N–H and O–H groups in total. The molecule has 3 rings (SSSR count). The highest BCUT2D eigenvalue weighted by Gasteiger charge is 2.15. The summed E-state index contributed by atoms with van der Waals surface area (Å²) in [6, 6.07) is 7.01. The van der Waals surface area contributed by atoms with Gasteiger partial charge in [-0.05, 0) is 6.07 Å². The quantitative estimate of drug-likeness (QED) is 0.752. The van der Waals surface area contributed by atoms with Crippen LogP contribution in [0.3, 0.4) is 0 Å². The molecule has 0 aliphatic carbocycles. The summed E-state index contributed by atoms with van der Waals surface area (Å²) in [4.78, 5) is 4.24. The third-order valence-electron chi connectivity index (χ3n) is 2.43. The van der Waals surface area contributed by atoms with Crippen molar-refractivity contribution in [1.29, 1.82) is 0 Å². The Balaban J connectivity index is 2.26. The van der Waals surface area contributed by atoms with Crippen molar-refractivity contribution in [3.8, 4) is 28.3 Å². The molecule has 0 spiro atoms. The minimum Gasteiger partial charge on any atom is -0.507 e. The van der Waals surface area contributed by atoms with Crippen molar-refractivity contribution < 1.29 is 9.63 Å². The van der Waals surface area contributed by atoms with Gasteiger partial charge in [0.25, 0.3) is 0 Å². The average Bonchev–Trinajstić information content (AvgIpc) is 3.02. The van der Waals surface area contributed by atoms with Crippen LogP contribution in [0.5, 0.6) is 5.75 Å². The highest BCUT2D eigenvalue weighted by Crippen LogP contribution is 2.37. The van der Waals surface area contributed by atoms with Crippen LogP contribution in [0, 0.1) is 0 Å². The molecule has 2 aromatic heterocycles. The molecule has 3 aromatic rings. The van der Waals surface area contributed by atoms with Crippen LogP contribution in [-0.4, -0.2) is 15.2 Å². The number of thiazole rings is 1. The van der Waals surface area contributed by atoms with Crippen molar-refractivity contribution in [3.05, 3.63) is 41.4 Å². The van der Waals surface area contributed by atoms with E-state index in [1.165, 1.54) is 11.3 Å². The molecule has 0 radical (unpaired) electrons. The summed E-state index contributed by atoms with van der Waals surface area (Å²) in [6.45, 7) is 0. The van der Waals surface area contributed by atoms with Crippen molar-refractivity contribution in [3.63, 3.8) is 0 Å². The van der Waals surface area contributed by atoms with Gasteiger partial charge in [-0.25, -0.2) is 4.98 Å². The highest BCUT2D eigenvalue weighted by atomic mass is 32.1. The van der Waals surface area contributed by atoms with E-state index in [1.807, 2.05) is 11.4 Å². The fourth-order valence-corrected chi connectivity index (χ4v) is 2.25. The zero-order valence-electron chi connectivity index (χ0n) is 8.70. The Kier molecular flexibility index (Phi) is 2.38. The first kappa shape index (κ1) is 10.0. The van der Waals surface area contributed by atoms with Crippen LogP contribution in [0.25, 0.3) is 22.6 Å². The first-order chi connectivity index (χ1) is 8.36. The summed E-state index contributed by atoms with van der Waals surface area (Å²) in [5, 5.41) is 15.5. The minimum atomic E-state index is 0.159. The molecule has 0 bridgehead atoms. The van der Waals surface area contributed by atoms with E-state index in [0.29, 0.717) is 11.3 Å². The molecule has 4 nitrogen and oxygen atoms in total. The van der Waals surface area contributed by atoms with Gasteiger partial charge in [-0.15, -0.1) is 11.3 Å². The monoisotopic (exact) mass is 244 g/mol. The smallest absolute Gasteiger partial charge is 0.171 e. The number of hydrogen-bond donors (Lipinski definition) is 1. The lowest BCUT2D eigenvalue weighted by atomic mass is 10.0. The Morgan fingerprint density at radius 1 is 1.24 bits per heavy atom. The van der Waals surface area contributed by atoms with Crippen LogP contribution in [0.15, 0.2) is 45.9 Å². The van der Waals surface area contributed by atoms with Gasteiger partial charge in [0.15, 0.2) is 5.76 Å². The molecule has 1 aromatic carbocycles. The molecule has 0 unspecified atom stereocenters. The first-order valence-corrected chi connectivity index (χ1v) is 5.92. The van der Waals surface area contributed by atoms with Crippen molar-refractivity contribution in [2.24, 2.45) is 0 Å². The minimum absolute atomic E-state index is 0.159. The number of aromatic hydroxyl groups is 1. The third kappa shape index (κ3) is 1.70. The molecule has 0 atom stereocenters. The number of hydrogen-bond acceptors (Lipinski definition) is 5. The van der Waals surface area contributed by atoms with Crippen LogP contribution in [-0.2, 0) is 0 Å². The van der Waals surface area contributed by atoms with Crippen LogP contribution >= 0.6 is 11.3 Å². The second kappa shape index (κ2) is 4.03. The van der Waals surface area contributed by atoms with Crippen molar-refractivity contribution in [1.82, 2.24) is 10.1 Å². The third-order valence-corrected chi connectivity index (χ3v) is 3.02. The van der Waals surface area contributed by atoms with Gasteiger partial charge < -0.3 is 9.63 Å². The zero-order valence-corrected chi connectivity index (χ0v) is 9.52. The molecule has 0 aliphatic heterocycles. The van der Waals surface area contributed by atoms with E-state index in [-0.39, 0.29) is 5.75 Å². The topological polar surface area (TPSA) is 59.2 Å². The molecule has 5 heteroatoms. The first-order valence-electron chi connectivity index (χ1n) is 4.98. The van der Waals surface area contributed by atoms with Crippen LogP contribution < -0.4 is 0 Å². The summed E-state index contributed by atoms with van der Waals surface area (Å²) < 4.78 is 5.10. The number of phenolic OH excluding ortho intramolecular Hbond substituents is 1. The summed E-state index contributed by atoms with van der Waals surface area (Å²) in [5.41, 5.74) is 4.03. The fraction of sp³-hybridized carbons (Fsp3) is 0. The van der Waals surface area contributed by atoms with Crippen molar-refractivity contribution in [2.75, 3.05) is 0 Å². The molecule has 0 fully saturated rings. The molecule has 0 amide bonds. The lowest BCUT2D eigenvalue weighted by molar-refractivity contribution is 0.426. The van der Waals surface area contributed by atoms with Gasteiger partial charge in [-0.2, -0.15) is 0 Å². The van der Waals surface area contributed by atoms with Crippen LogP contribution in [0.4, 0.5) is 0 Å². The van der Waals surface area contributed by atoms with E-state index in [4.69, 9.17) is 4.52 Å². The maximum absolute atomic E-state index is 9.95. The van der Waals surface area contributed by atoms with Gasteiger partial charge >= 0.3 is 0 Å². The average molecular weight is 244 g/mol. The number of rotatable bonds is 2. The second-order valence-corrected chi connectivity index (χ2v) is 4.17. The second-order valence-electron chi connectivity index (χ2n) is 3.45. The number of benzene rings is 1. The lowest BCUT2D eigenvalue weighted by Crippen LogP contribution is -1.84. The van der Waals surface area contributed by atoms with Gasteiger partial charge in [0, 0.05) is 17.0 Å². The summed E-state index contributed by atoms with van der Waals surface area (Å²) in [5.74, 6) is 0.693. The van der Waals surface area contributed by atoms with Crippen molar-refractivity contribution >= 4 is 11.3 Å². The molecule has 0 aliphatic rings. The van der Waals surface area contributed by atoms with Crippen LogP contribution in [0.1, 0.15) is 0 Å². The molecule has 0 saturated carbocycles. The Hall–Kier alpha value is -2.14. The molecule has 84 valence electrons. The highest BCUT2D eigenvalue weighted by molar-refractivity contribution is 7.07. The summed E-state index contributed by atoms with van der Waals surface area (Å²) in [7, 11) is 0. The Morgan fingerprint density at radius 3 is 2.88 bits per heavy atom. The van der Waals surface area contributed by atoms with Crippen molar-refractivity contribution in [2.45, 2.75) is 0 Å². The van der Waals surface area contributed by atoms with Gasteiger partial charge in [0.05, 0.1) is 23.0 Å². The molecule has 0 saturated heterocycles. The van der Waals surface area contributed by atoms with Gasteiger partial charge in [-0.3, -0.25) is 0 Å². The Bertz CT molecular complexity index is 618. The molecule has 2 heterocycles. The fourth-order valence-electron chi connectivity index (χ4n) is 1.70. The SMILES string of the molecule is Oc1cccc(-c2cscn2)c1-c1ccno1. The van der Waals surface area contributed by atoms with E-state index in [0.717, 1.165) is 11.3 Å². The number of aromatic nitrogens is 2. The van der Waals surface area contributed by atoms with Gasteiger partial charge in [0.1, 0.15) is 5.75 Å². The maximum atomic E-state index is 9.95. The van der Waals surface area contributed by atoms with E-state index in [2.05, 4.69) is 10.1 Å². The van der Waals surface area contributed by atoms with E-state index in [1.54, 1.807) is 29.9 Å². The number of nitrogens with zero attached hydrogens (tertiary/aromatic N) is 2. The normalized spacial score (nSPS) is 10.6. The maximum Gasteiger partial charge on any atom is 0.171 e. The van der Waals surface area contributed by atoms with Gasteiger partial charge in [-0.1, -0.05) is 17.3 Å². The largest absolute Gasteiger partial charge is 0.507 e. The van der Waals surface area contributed by atoms with E-state index in [9.17, 15) is 5.11 Å². The summed E-state index contributed by atoms with van der Waals surface area (Å²) >= 11 is 1.51. The lowest BCUT2D eigenvalue weighted by Gasteiger charge is -2.06. The van der Waals surface area contributed by atoms with Crippen LogP contribution in [0.2, 0.25) is 0 Å². The Labute approximate surface area is 101 Å². The van der Waals surface area contributed by atoms with E-state index >= 15 is 0 Å². The van der Waals surface area contributed by atoms with E-state index < -0.39 is 0 Å². The predicted molar refractivity (Wildman–Crippen MR) is 64.7 cm³/mol. The molecular weight excluding hydrogens is 236 g/mol. The molecule has 17 heavy (non-hydrogen) atoms. The standard InChI is InChI=1S/C12H8N2O2S/c15-10-3-1-2-8(9-6-17-7-13-9)12(10)11-4-5-14-16-11/h1-7,15H. The zero-order chi connectivity index (χ0) is 11.7.